The van der Waals surface area contributed by atoms with Crippen molar-refractivity contribution in [1.29, 1.82) is 0 Å². The molecule has 0 bridgehead atoms. The van der Waals surface area contributed by atoms with Crippen molar-refractivity contribution in [2.45, 2.75) is 12.4 Å². The molecule has 0 aliphatic heterocycles. The van der Waals surface area contributed by atoms with Crippen LogP contribution in [0.4, 0.5) is 0 Å². The van der Waals surface area contributed by atoms with Crippen LogP contribution in [0.25, 0.3) is 0 Å². The molecule has 0 radical (unpaired) electrons. The van der Waals surface area contributed by atoms with Gasteiger partial charge in [-0.2, -0.15) is 0 Å². The first-order chi connectivity index (χ1) is 9.20. The lowest BCUT2D eigenvalue weighted by Crippen LogP contribution is -2.26. The summed E-state index contributed by atoms with van der Waals surface area (Å²) in [5, 5.41) is 0. The van der Waals surface area contributed by atoms with E-state index in [0.717, 1.165) is 11.1 Å². The lowest BCUT2D eigenvalue weighted by molar-refractivity contribution is 0.0785. The van der Waals surface area contributed by atoms with Gasteiger partial charge in [-0.15, -0.1) is 11.6 Å². The zero-order valence-corrected chi connectivity index (χ0v) is 11.5. The van der Waals surface area contributed by atoms with Crippen LogP contribution in [0.2, 0.25) is 0 Å². The third-order valence-electron chi connectivity index (χ3n) is 2.82. The van der Waals surface area contributed by atoms with Crippen molar-refractivity contribution < 1.29 is 4.79 Å². The standard InChI is InChI=1S/C15H15ClN2O/c1-18(11-13-5-3-7-17-10-13)15(19)14-6-2-4-12(8-14)9-16/h2-8,10H,9,11H2,1H3. The summed E-state index contributed by atoms with van der Waals surface area (Å²) >= 11 is 5.78. The van der Waals surface area contributed by atoms with E-state index in [2.05, 4.69) is 4.98 Å². The predicted molar refractivity (Wildman–Crippen MR) is 76.0 cm³/mol. The highest BCUT2D eigenvalue weighted by Gasteiger charge is 2.12. The van der Waals surface area contributed by atoms with E-state index in [1.807, 2.05) is 30.3 Å². The molecule has 0 atom stereocenters. The molecule has 0 aliphatic carbocycles. The first kappa shape index (κ1) is 13.6. The summed E-state index contributed by atoms with van der Waals surface area (Å²) < 4.78 is 0. The number of halogens is 1. The minimum absolute atomic E-state index is 0.0178. The van der Waals surface area contributed by atoms with Crippen LogP contribution in [0.1, 0.15) is 21.5 Å². The second-order valence-corrected chi connectivity index (χ2v) is 4.62. The van der Waals surface area contributed by atoms with Crippen molar-refractivity contribution >= 4 is 17.5 Å². The van der Waals surface area contributed by atoms with Crippen molar-refractivity contribution in [3.8, 4) is 0 Å². The lowest BCUT2D eigenvalue weighted by Gasteiger charge is -2.17. The quantitative estimate of drug-likeness (QED) is 0.803. The maximum absolute atomic E-state index is 12.3. The van der Waals surface area contributed by atoms with Crippen LogP contribution < -0.4 is 0 Å². The molecule has 0 N–H and O–H groups in total. The number of amides is 1. The lowest BCUT2D eigenvalue weighted by atomic mass is 10.1. The van der Waals surface area contributed by atoms with E-state index in [1.165, 1.54) is 0 Å². The Morgan fingerprint density at radius 3 is 2.74 bits per heavy atom. The van der Waals surface area contributed by atoms with Crippen LogP contribution in [0.15, 0.2) is 48.8 Å². The number of benzene rings is 1. The molecule has 1 heterocycles. The third-order valence-corrected chi connectivity index (χ3v) is 3.13. The van der Waals surface area contributed by atoms with Gasteiger partial charge in [0.05, 0.1) is 0 Å². The van der Waals surface area contributed by atoms with Gasteiger partial charge in [0.1, 0.15) is 0 Å². The molecule has 19 heavy (non-hydrogen) atoms. The number of hydrogen-bond acceptors (Lipinski definition) is 2. The van der Waals surface area contributed by atoms with Gasteiger partial charge in [-0.25, -0.2) is 0 Å². The smallest absolute Gasteiger partial charge is 0.253 e. The Bertz CT molecular complexity index is 557. The molecule has 1 aromatic carbocycles. The Morgan fingerprint density at radius 2 is 2.05 bits per heavy atom. The van der Waals surface area contributed by atoms with Crippen LogP contribution in [0.3, 0.4) is 0 Å². The molecular formula is C15H15ClN2O. The average Bonchev–Trinajstić information content (AvgIpc) is 2.47. The number of alkyl halides is 1. The Morgan fingerprint density at radius 1 is 1.26 bits per heavy atom. The fourth-order valence-electron chi connectivity index (χ4n) is 1.85. The van der Waals surface area contributed by atoms with Crippen LogP contribution in [-0.4, -0.2) is 22.8 Å². The van der Waals surface area contributed by atoms with Gasteiger partial charge in [0.15, 0.2) is 0 Å². The second kappa shape index (κ2) is 6.34. The molecule has 3 nitrogen and oxygen atoms in total. The summed E-state index contributed by atoms with van der Waals surface area (Å²) in [4.78, 5) is 18.0. The number of pyridine rings is 1. The predicted octanol–water partition coefficient (Wildman–Crippen LogP) is 3.09. The number of rotatable bonds is 4. The van der Waals surface area contributed by atoms with Gasteiger partial charge >= 0.3 is 0 Å². The number of hydrogen-bond donors (Lipinski definition) is 0. The Hall–Kier alpha value is -1.87. The minimum atomic E-state index is -0.0178. The van der Waals surface area contributed by atoms with E-state index >= 15 is 0 Å². The zero-order chi connectivity index (χ0) is 13.7. The van der Waals surface area contributed by atoms with Crippen LogP contribution in [0, 0.1) is 0 Å². The summed E-state index contributed by atoms with van der Waals surface area (Å²) in [6.45, 7) is 0.539. The van der Waals surface area contributed by atoms with Gasteiger partial charge in [0.25, 0.3) is 5.91 Å². The zero-order valence-electron chi connectivity index (χ0n) is 10.7. The molecule has 2 rings (SSSR count). The van der Waals surface area contributed by atoms with Gasteiger partial charge in [0.2, 0.25) is 0 Å². The molecule has 0 saturated heterocycles. The fraction of sp³-hybridized carbons (Fsp3) is 0.200. The number of aromatic nitrogens is 1. The van der Waals surface area contributed by atoms with Gasteiger partial charge in [-0.1, -0.05) is 18.2 Å². The molecule has 2 aromatic rings. The molecule has 0 unspecified atom stereocenters. The monoisotopic (exact) mass is 274 g/mol. The SMILES string of the molecule is CN(Cc1cccnc1)C(=O)c1cccc(CCl)c1. The number of nitrogens with zero attached hydrogens (tertiary/aromatic N) is 2. The van der Waals surface area contributed by atoms with Crippen LogP contribution in [-0.2, 0) is 12.4 Å². The summed E-state index contributed by atoms with van der Waals surface area (Å²) in [6, 6.07) is 11.2. The van der Waals surface area contributed by atoms with Crippen LogP contribution in [0.5, 0.6) is 0 Å². The normalized spacial score (nSPS) is 10.2. The summed E-state index contributed by atoms with van der Waals surface area (Å²) in [6.07, 6.45) is 3.48. The molecular weight excluding hydrogens is 260 g/mol. The highest BCUT2D eigenvalue weighted by Crippen LogP contribution is 2.11. The van der Waals surface area contributed by atoms with E-state index in [-0.39, 0.29) is 5.91 Å². The topological polar surface area (TPSA) is 33.2 Å². The summed E-state index contributed by atoms with van der Waals surface area (Å²) in [5.41, 5.74) is 2.61. The summed E-state index contributed by atoms with van der Waals surface area (Å²) in [5.74, 6) is 0.392. The molecule has 0 spiro atoms. The van der Waals surface area contributed by atoms with E-state index < -0.39 is 0 Å². The van der Waals surface area contributed by atoms with Gasteiger partial charge in [-0.3, -0.25) is 9.78 Å². The highest BCUT2D eigenvalue weighted by molar-refractivity contribution is 6.17. The van der Waals surface area contributed by atoms with Crippen LogP contribution >= 0.6 is 11.6 Å². The largest absolute Gasteiger partial charge is 0.337 e. The van der Waals surface area contributed by atoms with Crippen molar-refractivity contribution in [2.75, 3.05) is 7.05 Å². The molecule has 0 aliphatic rings. The Kier molecular flexibility index (Phi) is 4.53. The first-order valence-electron chi connectivity index (χ1n) is 6.00. The maximum atomic E-state index is 12.3. The third kappa shape index (κ3) is 3.55. The Balaban J connectivity index is 2.10. The molecule has 4 heteroatoms. The number of carbonyl (C=O) groups excluding carboxylic acids is 1. The molecule has 1 aromatic heterocycles. The van der Waals surface area contributed by atoms with E-state index in [9.17, 15) is 4.79 Å². The van der Waals surface area contributed by atoms with Crippen molar-refractivity contribution in [1.82, 2.24) is 9.88 Å². The molecule has 1 amide bonds. The molecule has 0 saturated carbocycles. The van der Waals surface area contributed by atoms with E-state index in [4.69, 9.17) is 11.6 Å². The Labute approximate surface area is 117 Å². The van der Waals surface area contributed by atoms with Gasteiger partial charge in [-0.05, 0) is 29.3 Å². The van der Waals surface area contributed by atoms with Crippen molar-refractivity contribution in [3.63, 3.8) is 0 Å². The van der Waals surface area contributed by atoms with Crippen molar-refractivity contribution in [3.05, 3.63) is 65.5 Å². The van der Waals surface area contributed by atoms with Gasteiger partial charge in [0, 0.05) is 37.4 Å². The van der Waals surface area contributed by atoms with Crippen molar-refractivity contribution in [2.24, 2.45) is 0 Å². The summed E-state index contributed by atoms with van der Waals surface area (Å²) in [7, 11) is 1.78. The fourth-order valence-corrected chi connectivity index (χ4v) is 2.01. The second-order valence-electron chi connectivity index (χ2n) is 4.36. The first-order valence-corrected chi connectivity index (χ1v) is 6.53. The van der Waals surface area contributed by atoms with E-state index in [1.54, 1.807) is 30.4 Å². The average molecular weight is 275 g/mol. The van der Waals surface area contributed by atoms with Gasteiger partial charge < -0.3 is 4.90 Å². The molecule has 98 valence electrons. The maximum Gasteiger partial charge on any atom is 0.253 e. The molecule has 0 fully saturated rings. The highest BCUT2D eigenvalue weighted by atomic mass is 35.5. The van der Waals surface area contributed by atoms with E-state index in [0.29, 0.717) is 18.0 Å². The minimum Gasteiger partial charge on any atom is -0.337 e. The number of carbonyl (C=O) groups is 1.